The van der Waals surface area contributed by atoms with E-state index in [-0.39, 0.29) is 43.3 Å². The second-order valence-electron chi connectivity index (χ2n) is 14.8. The summed E-state index contributed by atoms with van der Waals surface area (Å²) in [6, 6.07) is 16.1. The molecule has 250 valence electrons. The highest BCUT2D eigenvalue weighted by molar-refractivity contribution is 7.40. The van der Waals surface area contributed by atoms with Crippen molar-refractivity contribution in [3.8, 4) is 0 Å². The van der Waals surface area contributed by atoms with E-state index in [9.17, 15) is 19.2 Å². The van der Waals surface area contributed by atoms with Crippen LogP contribution >= 0.6 is 34.0 Å². The van der Waals surface area contributed by atoms with Crippen LogP contribution in [-0.4, -0.2) is 0 Å². The monoisotopic (exact) mass is 722 g/mol. The van der Waals surface area contributed by atoms with Gasteiger partial charge in [0.15, 0.2) is 10.7 Å². The Bertz CT molecular complexity index is 2980. The Morgan fingerprint density at radius 1 is 0.549 bits per heavy atom. The molecule has 9 heteroatoms. The zero-order valence-corrected chi connectivity index (χ0v) is 30.0. The first-order chi connectivity index (χ1) is 24.9. The molecular weight excluding hydrogens is 693 g/mol. The van der Waals surface area contributed by atoms with Gasteiger partial charge in [0.1, 0.15) is 5.00 Å². The van der Waals surface area contributed by atoms with Crippen LogP contribution in [0.3, 0.4) is 0 Å². The van der Waals surface area contributed by atoms with Crippen molar-refractivity contribution >= 4 is 84.9 Å². The Kier molecular flexibility index (Phi) is 6.25. The van der Waals surface area contributed by atoms with Crippen LogP contribution < -0.4 is 32.4 Å². The quantitative estimate of drug-likeness (QED) is 0.179. The number of allylic oxidation sites excluding steroid dienone is 3. The summed E-state index contributed by atoms with van der Waals surface area (Å²) in [6.07, 6.45) is 13.3. The number of hydrogen-bond acceptors (Lipinski definition) is 9. The van der Waals surface area contributed by atoms with Gasteiger partial charge in [-0.1, -0.05) is 87.1 Å². The third-order valence-corrected chi connectivity index (χ3v) is 16.1. The molecule has 4 aromatic carbocycles. The highest BCUT2D eigenvalue weighted by Gasteiger charge is 2.57. The summed E-state index contributed by atoms with van der Waals surface area (Å²) in [5.74, 6) is 0. The average molecular weight is 723 g/mol. The van der Waals surface area contributed by atoms with E-state index in [2.05, 4.69) is 11.1 Å². The van der Waals surface area contributed by atoms with Crippen LogP contribution in [-0.2, 0) is 5.41 Å². The molecule has 3 heterocycles. The van der Waals surface area contributed by atoms with Gasteiger partial charge in [0.05, 0.1) is 19.8 Å². The van der Waals surface area contributed by atoms with Gasteiger partial charge in [0.2, 0.25) is 21.7 Å². The van der Waals surface area contributed by atoms with E-state index in [1.54, 1.807) is 47.7 Å². The summed E-state index contributed by atoms with van der Waals surface area (Å²) in [4.78, 5) is 64.6. The molecule has 2 saturated carbocycles. The van der Waals surface area contributed by atoms with E-state index in [0.717, 1.165) is 61.8 Å². The lowest BCUT2D eigenvalue weighted by atomic mass is 9.67. The average Bonchev–Trinajstić information content (AvgIpc) is 3.99. The first-order valence-electron chi connectivity index (χ1n) is 17.9. The lowest BCUT2D eigenvalue weighted by Gasteiger charge is -2.37. The minimum atomic E-state index is -0.317. The van der Waals surface area contributed by atoms with E-state index < -0.39 is 0 Å². The van der Waals surface area contributed by atoms with Crippen LogP contribution in [0.5, 0.6) is 0 Å². The van der Waals surface area contributed by atoms with Gasteiger partial charge in [-0.3, -0.25) is 19.2 Å². The fraction of sp³-hybridized carbons (Fsp3) is 0.286. The first-order valence-corrected chi connectivity index (χ1v) is 20.4. The van der Waals surface area contributed by atoms with Crippen LogP contribution in [0.1, 0.15) is 74.6 Å². The Balaban J connectivity index is 1.12. The smallest absolute Gasteiger partial charge is 0.216 e. The molecule has 0 N–H and O–H groups in total. The van der Waals surface area contributed by atoms with Crippen molar-refractivity contribution < 1.29 is 0 Å². The Labute approximate surface area is 302 Å². The zero-order chi connectivity index (χ0) is 34.2. The van der Waals surface area contributed by atoms with Gasteiger partial charge in [-0.05, 0) is 54.5 Å². The molecule has 11 rings (SSSR count). The summed E-state index contributed by atoms with van der Waals surface area (Å²) in [6.45, 7) is 0. The summed E-state index contributed by atoms with van der Waals surface area (Å²) in [5, 5.41) is 2.51. The largest absolute Gasteiger partial charge is 0.287 e. The summed E-state index contributed by atoms with van der Waals surface area (Å²) in [7, 11) is 0. The highest BCUT2D eigenvalue weighted by atomic mass is 32.1. The van der Waals surface area contributed by atoms with E-state index in [4.69, 9.17) is 4.99 Å². The third-order valence-electron chi connectivity index (χ3n) is 12.3. The van der Waals surface area contributed by atoms with Crippen molar-refractivity contribution in [1.82, 2.24) is 0 Å². The minimum absolute atomic E-state index is 0.00119. The van der Waals surface area contributed by atoms with Crippen LogP contribution in [0, 0.1) is 5.41 Å². The number of nitrogens with zero attached hydrogens (tertiary/aromatic N) is 2. The molecule has 0 saturated heterocycles. The van der Waals surface area contributed by atoms with Crippen molar-refractivity contribution in [2.75, 3.05) is 0 Å². The Hall–Kier alpha value is -4.44. The number of rotatable bonds is 2. The molecule has 2 fully saturated rings. The summed E-state index contributed by atoms with van der Waals surface area (Å²) < 4.78 is 4.93. The number of fused-ring (bicyclic) bond motifs is 11. The molecule has 6 nitrogen and oxygen atoms in total. The van der Waals surface area contributed by atoms with Gasteiger partial charge < -0.3 is 0 Å². The van der Waals surface area contributed by atoms with Crippen LogP contribution in [0.2, 0.25) is 0 Å². The molecule has 0 radical (unpaired) electrons. The van der Waals surface area contributed by atoms with E-state index >= 15 is 0 Å². The van der Waals surface area contributed by atoms with E-state index in [1.807, 2.05) is 40.9 Å². The van der Waals surface area contributed by atoms with Crippen molar-refractivity contribution in [3.05, 3.63) is 134 Å². The van der Waals surface area contributed by atoms with Crippen LogP contribution in [0.25, 0.3) is 45.9 Å². The van der Waals surface area contributed by atoms with Gasteiger partial charge in [0.25, 0.3) is 0 Å². The predicted octanol–water partition coefficient (Wildman–Crippen LogP) is 8.33. The zero-order valence-electron chi connectivity index (χ0n) is 27.6. The lowest BCUT2D eigenvalue weighted by molar-refractivity contribution is 0.321. The molecule has 4 aliphatic carbocycles. The maximum Gasteiger partial charge on any atom is 0.216 e. The highest BCUT2D eigenvalue weighted by Crippen LogP contribution is 2.70. The van der Waals surface area contributed by atoms with Crippen molar-refractivity contribution in [3.63, 3.8) is 0 Å². The second-order valence-corrected chi connectivity index (χ2v) is 17.9. The SMILES string of the molecule is O=c1c(=NC2=CC3=C(c4sc5c(sc6cc(N=c7c(=O)c8ccccc8c7=O)sc65)c4C34CCCCC4)C23CCCCC3)c(=O)c2ccccc12. The maximum absolute atomic E-state index is 13.6. The normalized spacial score (nSPS) is 19.3. The molecule has 0 bridgehead atoms. The molecule has 2 spiro atoms. The topological polar surface area (TPSA) is 93.0 Å². The standard InChI is InChI=1S/C42H30N2O4S3/c45-33-21-11-3-4-12-22(21)34(46)31(33)43-27-19-25-29(42(27)17-9-2-10-18-42)38-30(41(25)15-7-1-8-16-41)39-40(51-38)37-26(49-39)20-28(50-37)44-32-35(47)23-13-5-6-14-24(23)36(32)48/h3-6,11-14,19-20H,1-2,7-10,15-18H2. The second kappa shape index (κ2) is 10.6. The molecule has 0 amide bonds. The lowest BCUT2D eigenvalue weighted by Crippen LogP contribution is -2.34. The summed E-state index contributed by atoms with van der Waals surface area (Å²) in [5.41, 5.74) is 3.65. The van der Waals surface area contributed by atoms with E-state index in [0.29, 0.717) is 26.5 Å². The summed E-state index contributed by atoms with van der Waals surface area (Å²) >= 11 is 5.27. The molecule has 51 heavy (non-hydrogen) atoms. The van der Waals surface area contributed by atoms with Gasteiger partial charge in [-0.15, -0.1) is 34.0 Å². The minimum Gasteiger partial charge on any atom is -0.287 e. The van der Waals surface area contributed by atoms with Gasteiger partial charge in [-0.2, -0.15) is 0 Å². The molecule has 0 unspecified atom stereocenters. The molecular formula is C42H30N2O4S3. The van der Waals surface area contributed by atoms with Crippen LogP contribution in [0.4, 0.5) is 5.00 Å². The molecule has 7 aromatic rings. The van der Waals surface area contributed by atoms with Crippen molar-refractivity contribution in [2.24, 2.45) is 15.4 Å². The van der Waals surface area contributed by atoms with Gasteiger partial charge >= 0.3 is 0 Å². The van der Waals surface area contributed by atoms with E-state index in [1.165, 1.54) is 48.5 Å². The van der Waals surface area contributed by atoms with Gasteiger partial charge in [-0.25, -0.2) is 9.98 Å². The molecule has 0 atom stereocenters. The first kappa shape index (κ1) is 30.2. The molecule has 3 aromatic heterocycles. The van der Waals surface area contributed by atoms with Gasteiger partial charge in [0, 0.05) is 42.0 Å². The van der Waals surface area contributed by atoms with Crippen molar-refractivity contribution in [2.45, 2.75) is 69.6 Å². The fourth-order valence-electron chi connectivity index (χ4n) is 10.0. The predicted molar refractivity (Wildman–Crippen MR) is 209 cm³/mol. The third kappa shape index (κ3) is 3.86. The Morgan fingerprint density at radius 3 is 1.65 bits per heavy atom. The Morgan fingerprint density at radius 2 is 1.08 bits per heavy atom. The number of thiophene rings is 3. The maximum atomic E-state index is 13.6. The van der Waals surface area contributed by atoms with Crippen LogP contribution in [0.15, 0.2) is 101 Å². The molecule has 4 aliphatic rings. The fourth-order valence-corrected chi connectivity index (χ4v) is 14.5. The molecule has 0 aliphatic heterocycles. The number of hydrogen-bond donors (Lipinski definition) is 0. The number of benzene rings is 2. The van der Waals surface area contributed by atoms with Crippen molar-refractivity contribution in [1.29, 1.82) is 0 Å².